The normalized spacial score (nSPS) is 12.7. The lowest BCUT2D eigenvalue weighted by Crippen LogP contribution is -2.21. The molecule has 16 heavy (non-hydrogen) atoms. The number of rotatable bonds is 7. The minimum Gasteiger partial charge on any atom is -0.327 e. The Balaban J connectivity index is 2.14. The van der Waals surface area contributed by atoms with Gasteiger partial charge in [0.1, 0.15) is 5.82 Å². The first-order chi connectivity index (χ1) is 7.74. The fourth-order valence-corrected chi connectivity index (χ4v) is 3.24. The van der Waals surface area contributed by atoms with E-state index in [1.807, 2.05) is 23.9 Å². The number of halogens is 1. The van der Waals surface area contributed by atoms with Crippen molar-refractivity contribution in [3.8, 4) is 0 Å². The van der Waals surface area contributed by atoms with Crippen LogP contribution < -0.4 is 5.73 Å². The van der Waals surface area contributed by atoms with Gasteiger partial charge in [-0.05, 0) is 18.6 Å². The molecule has 2 N–H and O–H groups in total. The van der Waals surface area contributed by atoms with Gasteiger partial charge in [0.05, 0.1) is 0 Å². The lowest BCUT2D eigenvalue weighted by molar-refractivity contribution is 0.602. The number of thioether (sulfide) groups is 2. The van der Waals surface area contributed by atoms with E-state index in [1.165, 1.54) is 6.07 Å². The summed E-state index contributed by atoms with van der Waals surface area (Å²) in [5.74, 6) is 2.83. The van der Waals surface area contributed by atoms with Crippen molar-refractivity contribution in [3.05, 3.63) is 30.1 Å². The molecule has 4 heteroatoms. The monoisotopic (exact) mass is 259 g/mol. The van der Waals surface area contributed by atoms with Crippen molar-refractivity contribution in [2.45, 2.75) is 24.3 Å². The number of hydrogen-bond acceptors (Lipinski definition) is 3. The maximum Gasteiger partial charge on any atom is 0.136 e. The average molecular weight is 259 g/mol. The van der Waals surface area contributed by atoms with Gasteiger partial charge in [0.15, 0.2) is 0 Å². The highest BCUT2D eigenvalue weighted by Crippen LogP contribution is 2.22. The smallest absolute Gasteiger partial charge is 0.136 e. The van der Waals surface area contributed by atoms with Crippen molar-refractivity contribution in [2.75, 3.05) is 17.3 Å². The molecule has 0 saturated carbocycles. The minimum atomic E-state index is -0.122. The molecule has 1 aromatic rings. The van der Waals surface area contributed by atoms with Crippen LogP contribution in [0.25, 0.3) is 0 Å². The third-order valence-electron chi connectivity index (χ3n) is 2.18. The molecular weight excluding hydrogens is 241 g/mol. The summed E-state index contributed by atoms with van der Waals surface area (Å²) in [5.41, 5.74) is 5.80. The van der Waals surface area contributed by atoms with Gasteiger partial charge < -0.3 is 5.73 Å². The Morgan fingerprint density at radius 1 is 1.31 bits per heavy atom. The van der Waals surface area contributed by atoms with Gasteiger partial charge in [-0.25, -0.2) is 4.39 Å². The zero-order valence-corrected chi connectivity index (χ0v) is 11.1. The minimum absolute atomic E-state index is 0.122. The molecule has 1 nitrogen and oxygen atoms in total. The van der Waals surface area contributed by atoms with Crippen LogP contribution in [0, 0.1) is 5.82 Å². The van der Waals surface area contributed by atoms with Crippen molar-refractivity contribution in [3.63, 3.8) is 0 Å². The predicted octanol–water partition coefficient (Wildman–Crippen LogP) is 3.39. The first-order valence-electron chi connectivity index (χ1n) is 5.44. The van der Waals surface area contributed by atoms with Crippen molar-refractivity contribution < 1.29 is 4.39 Å². The van der Waals surface area contributed by atoms with E-state index in [1.54, 1.807) is 17.8 Å². The molecule has 0 bridgehead atoms. The predicted molar refractivity (Wildman–Crippen MR) is 72.7 cm³/mol. The highest BCUT2D eigenvalue weighted by atomic mass is 32.2. The molecule has 90 valence electrons. The summed E-state index contributed by atoms with van der Waals surface area (Å²) < 4.78 is 13.2. The Bertz CT molecular complexity index is 307. The standard InChI is InChI=1S/C12H18FNS2/c1-2-10(14)9-15-7-8-16-12-6-4-3-5-11(12)13/h3-6,10H,2,7-9,14H2,1H3. The van der Waals surface area contributed by atoms with Crippen LogP contribution >= 0.6 is 23.5 Å². The first-order valence-corrected chi connectivity index (χ1v) is 7.58. The molecule has 0 saturated heterocycles. The quantitative estimate of drug-likeness (QED) is 0.600. The maximum absolute atomic E-state index is 13.2. The highest BCUT2D eigenvalue weighted by Gasteiger charge is 2.02. The van der Waals surface area contributed by atoms with Crippen LogP contribution in [0.1, 0.15) is 13.3 Å². The molecule has 0 amide bonds. The molecule has 0 aliphatic carbocycles. The van der Waals surface area contributed by atoms with Gasteiger partial charge in [0.25, 0.3) is 0 Å². The third kappa shape index (κ3) is 5.23. The summed E-state index contributed by atoms with van der Waals surface area (Å²) in [5, 5.41) is 0. The lowest BCUT2D eigenvalue weighted by atomic mass is 10.3. The second-order valence-corrected chi connectivity index (χ2v) is 5.81. The van der Waals surface area contributed by atoms with E-state index in [0.717, 1.165) is 28.6 Å². The Kier molecular flexibility index (Phi) is 6.92. The lowest BCUT2D eigenvalue weighted by Gasteiger charge is -2.07. The maximum atomic E-state index is 13.2. The topological polar surface area (TPSA) is 26.0 Å². The second-order valence-electron chi connectivity index (χ2n) is 3.52. The van der Waals surface area contributed by atoms with E-state index < -0.39 is 0 Å². The molecular formula is C12H18FNS2. The zero-order valence-electron chi connectivity index (χ0n) is 9.49. The fraction of sp³-hybridized carbons (Fsp3) is 0.500. The molecule has 1 unspecified atom stereocenters. The van der Waals surface area contributed by atoms with Gasteiger partial charge >= 0.3 is 0 Å². The summed E-state index contributed by atoms with van der Waals surface area (Å²) in [6, 6.07) is 7.20. The molecule has 1 rings (SSSR count). The highest BCUT2D eigenvalue weighted by molar-refractivity contribution is 8.03. The molecule has 1 aromatic carbocycles. The number of hydrogen-bond donors (Lipinski definition) is 1. The molecule has 0 aliphatic heterocycles. The van der Waals surface area contributed by atoms with Gasteiger partial charge in [0, 0.05) is 28.2 Å². The van der Waals surface area contributed by atoms with Crippen molar-refractivity contribution >= 4 is 23.5 Å². The molecule has 0 radical (unpaired) electrons. The van der Waals surface area contributed by atoms with Gasteiger partial charge in [-0.15, -0.1) is 11.8 Å². The molecule has 0 aliphatic rings. The van der Waals surface area contributed by atoms with Crippen LogP contribution in [-0.4, -0.2) is 23.3 Å². The van der Waals surface area contributed by atoms with Crippen LogP contribution in [-0.2, 0) is 0 Å². The van der Waals surface area contributed by atoms with Crippen LogP contribution in [0.3, 0.4) is 0 Å². The zero-order chi connectivity index (χ0) is 11.8. The van der Waals surface area contributed by atoms with Crippen LogP contribution in [0.4, 0.5) is 4.39 Å². The van der Waals surface area contributed by atoms with E-state index >= 15 is 0 Å². The second kappa shape index (κ2) is 7.98. The Labute approximate surface area is 105 Å². The summed E-state index contributed by atoms with van der Waals surface area (Å²) in [6.07, 6.45) is 1.02. The van der Waals surface area contributed by atoms with Gasteiger partial charge in [-0.3, -0.25) is 0 Å². The van der Waals surface area contributed by atoms with Gasteiger partial charge in [-0.2, -0.15) is 11.8 Å². The van der Waals surface area contributed by atoms with E-state index in [9.17, 15) is 4.39 Å². The first kappa shape index (κ1) is 13.9. The van der Waals surface area contributed by atoms with E-state index in [4.69, 9.17) is 5.73 Å². The SMILES string of the molecule is CCC(N)CSCCSc1ccccc1F. The molecule has 0 fully saturated rings. The molecule has 1 atom stereocenters. The third-order valence-corrected chi connectivity index (χ3v) is 4.64. The van der Waals surface area contributed by atoms with Crippen molar-refractivity contribution in [2.24, 2.45) is 5.73 Å². The Morgan fingerprint density at radius 3 is 2.75 bits per heavy atom. The van der Waals surface area contributed by atoms with Gasteiger partial charge in [0.2, 0.25) is 0 Å². The van der Waals surface area contributed by atoms with E-state index in [0.29, 0.717) is 6.04 Å². The largest absolute Gasteiger partial charge is 0.327 e. The van der Waals surface area contributed by atoms with Crippen molar-refractivity contribution in [1.82, 2.24) is 0 Å². The van der Waals surface area contributed by atoms with E-state index in [-0.39, 0.29) is 5.82 Å². The van der Waals surface area contributed by atoms with Crippen LogP contribution in [0.5, 0.6) is 0 Å². The number of benzene rings is 1. The average Bonchev–Trinajstić information content (AvgIpc) is 2.30. The summed E-state index contributed by atoms with van der Waals surface area (Å²) >= 11 is 3.41. The fourth-order valence-electron chi connectivity index (χ4n) is 1.12. The summed E-state index contributed by atoms with van der Waals surface area (Å²) in [6.45, 7) is 2.10. The van der Waals surface area contributed by atoms with Crippen LogP contribution in [0.2, 0.25) is 0 Å². The number of nitrogens with two attached hydrogens (primary N) is 1. The van der Waals surface area contributed by atoms with Crippen molar-refractivity contribution in [1.29, 1.82) is 0 Å². The molecule has 0 spiro atoms. The van der Waals surface area contributed by atoms with Gasteiger partial charge in [-0.1, -0.05) is 19.1 Å². The van der Waals surface area contributed by atoms with Crippen LogP contribution in [0.15, 0.2) is 29.2 Å². The molecule has 0 aromatic heterocycles. The summed E-state index contributed by atoms with van der Waals surface area (Å²) in [7, 11) is 0. The Morgan fingerprint density at radius 2 is 2.06 bits per heavy atom. The Hall–Kier alpha value is -0.190. The summed E-state index contributed by atoms with van der Waals surface area (Å²) in [4.78, 5) is 0.739. The molecule has 0 heterocycles. The van der Waals surface area contributed by atoms with E-state index in [2.05, 4.69) is 6.92 Å².